The minimum Gasteiger partial charge on any atom is -0.497 e. The predicted molar refractivity (Wildman–Crippen MR) is 74.3 cm³/mol. The lowest BCUT2D eigenvalue weighted by Gasteiger charge is -2.08. The molecule has 1 N–H and O–H groups in total. The largest absolute Gasteiger partial charge is 0.497 e. The van der Waals surface area contributed by atoms with Crippen LogP contribution in [0, 0.1) is 5.82 Å². The van der Waals surface area contributed by atoms with Crippen LogP contribution in [0.1, 0.15) is 11.1 Å². The lowest BCUT2D eigenvalue weighted by atomic mass is 10.2. The third kappa shape index (κ3) is 3.68. The minimum absolute atomic E-state index is 0.273. The van der Waals surface area contributed by atoms with Crippen LogP contribution in [-0.4, -0.2) is 19.2 Å². The first-order chi connectivity index (χ1) is 9.72. The third-order valence-corrected chi connectivity index (χ3v) is 2.91. The molecule has 20 heavy (non-hydrogen) atoms. The van der Waals surface area contributed by atoms with E-state index in [0.717, 1.165) is 5.56 Å². The molecule has 0 atom stereocenters. The summed E-state index contributed by atoms with van der Waals surface area (Å²) < 4.78 is 23.7. The fourth-order valence-corrected chi connectivity index (χ4v) is 1.78. The lowest BCUT2D eigenvalue weighted by molar-refractivity contribution is 0.397. The van der Waals surface area contributed by atoms with E-state index in [0.29, 0.717) is 30.3 Å². The van der Waals surface area contributed by atoms with Gasteiger partial charge in [-0.2, -0.15) is 0 Å². The Kier molecular flexibility index (Phi) is 4.90. The summed E-state index contributed by atoms with van der Waals surface area (Å²) in [7, 11) is 3.09. The smallest absolute Gasteiger partial charge is 0.212 e. The summed E-state index contributed by atoms with van der Waals surface area (Å²) in [5.74, 6) is 0.824. The third-order valence-electron chi connectivity index (χ3n) is 2.91. The monoisotopic (exact) mass is 276 g/mol. The number of pyridine rings is 1. The van der Waals surface area contributed by atoms with Crippen molar-refractivity contribution in [2.45, 2.75) is 13.1 Å². The average Bonchev–Trinajstić information content (AvgIpc) is 2.49. The minimum atomic E-state index is -0.273. The molecule has 0 spiro atoms. The van der Waals surface area contributed by atoms with E-state index in [1.54, 1.807) is 31.5 Å². The molecule has 5 heteroatoms. The molecule has 0 fully saturated rings. The Morgan fingerprint density at radius 3 is 2.55 bits per heavy atom. The van der Waals surface area contributed by atoms with Gasteiger partial charge in [0.1, 0.15) is 11.6 Å². The van der Waals surface area contributed by atoms with Crippen molar-refractivity contribution in [3.63, 3.8) is 0 Å². The topological polar surface area (TPSA) is 43.4 Å². The van der Waals surface area contributed by atoms with E-state index in [1.807, 2.05) is 6.07 Å². The molecule has 0 amide bonds. The standard InChI is InChI=1S/C15H17FN2O2/c1-19-13-5-4-12(14(16)7-13)10-17-8-11-3-6-15(20-2)18-9-11/h3-7,9,17H,8,10H2,1-2H3. The summed E-state index contributed by atoms with van der Waals surface area (Å²) in [6, 6.07) is 8.56. The Balaban J connectivity index is 1.88. The molecule has 0 bridgehead atoms. The average molecular weight is 276 g/mol. The molecule has 2 rings (SSSR count). The first-order valence-electron chi connectivity index (χ1n) is 6.25. The molecule has 1 heterocycles. The van der Waals surface area contributed by atoms with E-state index >= 15 is 0 Å². The second kappa shape index (κ2) is 6.86. The summed E-state index contributed by atoms with van der Waals surface area (Å²) >= 11 is 0. The number of nitrogens with zero attached hydrogens (tertiary/aromatic N) is 1. The van der Waals surface area contributed by atoms with Gasteiger partial charge in [-0.1, -0.05) is 12.1 Å². The maximum Gasteiger partial charge on any atom is 0.212 e. The molecule has 0 aliphatic heterocycles. The van der Waals surface area contributed by atoms with Crippen molar-refractivity contribution in [1.82, 2.24) is 10.3 Å². The van der Waals surface area contributed by atoms with Crippen LogP contribution in [0.15, 0.2) is 36.5 Å². The number of benzene rings is 1. The van der Waals surface area contributed by atoms with Gasteiger partial charge < -0.3 is 14.8 Å². The molecule has 0 radical (unpaired) electrons. The Morgan fingerprint density at radius 2 is 1.95 bits per heavy atom. The Hall–Kier alpha value is -2.14. The number of hydrogen-bond donors (Lipinski definition) is 1. The summed E-state index contributed by atoms with van der Waals surface area (Å²) in [6.07, 6.45) is 1.73. The number of aromatic nitrogens is 1. The highest BCUT2D eigenvalue weighted by atomic mass is 19.1. The zero-order valence-electron chi connectivity index (χ0n) is 11.5. The van der Waals surface area contributed by atoms with Gasteiger partial charge in [0, 0.05) is 37.0 Å². The molecular formula is C15H17FN2O2. The van der Waals surface area contributed by atoms with Gasteiger partial charge in [-0.05, 0) is 11.6 Å². The van der Waals surface area contributed by atoms with Crippen LogP contribution in [0.5, 0.6) is 11.6 Å². The zero-order valence-corrected chi connectivity index (χ0v) is 11.5. The first-order valence-corrected chi connectivity index (χ1v) is 6.25. The highest BCUT2D eigenvalue weighted by Crippen LogP contribution is 2.16. The fraction of sp³-hybridized carbons (Fsp3) is 0.267. The number of hydrogen-bond acceptors (Lipinski definition) is 4. The number of nitrogens with one attached hydrogen (secondary N) is 1. The van der Waals surface area contributed by atoms with Gasteiger partial charge in [-0.25, -0.2) is 9.37 Å². The quantitative estimate of drug-likeness (QED) is 0.880. The van der Waals surface area contributed by atoms with E-state index in [2.05, 4.69) is 10.3 Å². The van der Waals surface area contributed by atoms with E-state index in [4.69, 9.17) is 9.47 Å². The van der Waals surface area contributed by atoms with Crippen LogP contribution in [0.3, 0.4) is 0 Å². The Labute approximate surface area is 117 Å². The van der Waals surface area contributed by atoms with Crippen molar-refractivity contribution in [2.24, 2.45) is 0 Å². The van der Waals surface area contributed by atoms with Gasteiger partial charge >= 0.3 is 0 Å². The van der Waals surface area contributed by atoms with Crippen molar-refractivity contribution in [3.8, 4) is 11.6 Å². The number of rotatable bonds is 6. The normalized spacial score (nSPS) is 10.3. The maximum absolute atomic E-state index is 13.7. The second-order valence-corrected chi connectivity index (χ2v) is 4.27. The molecule has 2 aromatic rings. The molecular weight excluding hydrogens is 259 g/mol. The number of ether oxygens (including phenoxy) is 2. The number of methoxy groups -OCH3 is 2. The molecule has 0 aliphatic rings. The van der Waals surface area contributed by atoms with Crippen molar-refractivity contribution in [2.75, 3.05) is 14.2 Å². The molecule has 0 saturated carbocycles. The Bertz CT molecular complexity index is 558. The zero-order chi connectivity index (χ0) is 14.4. The van der Waals surface area contributed by atoms with Crippen molar-refractivity contribution < 1.29 is 13.9 Å². The van der Waals surface area contributed by atoms with Crippen LogP contribution < -0.4 is 14.8 Å². The molecule has 4 nitrogen and oxygen atoms in total. The molecule has 0 aliphatic carbocycles. The van der Waals surface area contributed by atoms with Crippen molar-refractivity contribution in [1.29, 1.82) is 0 Å². The SMILES string of the molecule is COc1ccc(CNCc2ccc(OC)nc2)c(F)c1. The molecule has 1 aromatic carbocycles. The van der Waals surface area contributed by atoms with Gasteiger partial charge in [0.05, 0.1) is 14.2 Å². The summed E-state index contributed by atoms with van der Waals surface area (Å²) in [4.78, 5) is 4.11. The van der Waals surface area contributed by atoms with E-state index in [-0.39, 0.29) is 5.82 Å². The van der Waals surface area contributed by atoms with Gasteiger partial charge in [-0.3, -0.25) is 0 Å². The lowest BCUT2D eigenvalue weighted by Crippen LogP contribution is -2.14. The first kappa shape index (κ1) is 14.3. The van der Waals surface area contributed by atoms with Crippen LogP contribution in [0.4, 0.5) is 4.39 Å². The van der Waals surface area contributed by atoms with E-state index in [1.165, 1.54) is 13.2 Å². The highest BCUT2D eigenvalue weighted by molar-refractivity contribution is 5.28. The maximum atomic E-state index is 13.7. The second-order valence-electron chi connectivity index (χ2n) is 4.27. The molecule has 0 saturated heterocycles. The summed E-state index contributed by atoms with van der Waals surface area (Å²) in [6.45, 7) is 1.06. The molecule has 1 aromatic heterocycles. The van der Waals surface area contributed by atoms with Crippen LogP contribution in [0.25, 0.3) is 0 Å². The Morgan fingerprint density at radius 1 is 1.10 bits per heavy atom. The summed E-state index contributed by atoms with van der Waals surface area (Å²) in [5.41, 5.74) is 1.62. The molecule has 0 unspecified atom stereocenters. The van der Waals surface area contributed by atoms with Gasteiger partial charge in [0.25, 0.3) is 0 Å². The number of halogens is 1. The van der Waals surface area contributed by atoms with Crippen molar-refractivity contribution >= 4 is 0 Å². The van der Waals surface area contributed by atoms with E-state index < -0.39 is 0 Å². The van der Waals surface area contributed by atoms with Gasteiger partial charge in [-0.15, -0.1) is 0 Å². The highest BCUT2D eigenvalue weighted by Gasteiger charge is 2.04. The summed E-state index contributed by atoms with van der Waals surface area (Å²) in [5, 5.41) is 3.17. The van der Waals surface area contributed by atoms with Gasteiger partial charge in [0.15, 0.2) is 0 Å². The van der Waals surface area contributed by atoms with Crippen LogP contribution >= 0.6 is 0 Å². The van der Waals surface area contributed by atoms with Gasteiger partial charge in [0.2, 0.25) is 5.88 Å². The molecule has 106 valence electrons. The fourth-order valence-electron chi connectivity index (χ4n) is 1.78. The predicted octanol–water partition coefficient (Wildman–Crippen LogP) is 2.53. The van der Waals surface area contributed by atoms with E-state index in [9.17, 15) is 4.39 Å². The van der Waals surface area contributed by atoms with Crippen LogP contribution in [-0.2, 0) is 13.1 Å². The van der Waals surface area contributed by atoms with Crippen molar-refractivity contribution in [3.05, 3.63) is 53.5 Å². The van der Waals surface area contributed by atoms with Crippen LogP contribution in [0.2, 0.25) is 0 Å².